The smallest absolute Gasteiger partial charge is 0.259 e. The van der Waals surface area contributed by atoms with Gasteiger partial charge in [0, 0.05) is 27.2 Å². The van der Waals surface area contributed by atoms with Gasteiger partial charge in [0.15, 0.2) is 12.6 Å². The first-order valence-electron chi connectivity index (χ1n) is 9.48. The number of rotatable bonds is 8. The summed E-state index contributed by atoms with van der Waals surface area (Å²) in [5, 5.41) is 6.64. The second kappa shape index (κ2) is 11.0. The quantitative estimate of drug-likeness (QED) is 0.544. The molecule has 0 aromatic heterocycles. The van der Waals surface area contributed by atoms with Crippen LogP contribution in [-0.4, -0.2) is 44.0 Å². The molecule has 0 atom stereocenters. The lowest BCUT2D eigenvalue weighted by atomic mass is 10.1. The van der Waals surface area contributed by atoms with Crippen LogP contribution in [0, 0.1) is 6.92 Å². The average molecular weight is 383 g/mol. The van der Waals surface area contributed by atoms with Crippen molar-refractivity contribution in [3.05, 3.63) is 65.2 Å². The normalized spacial score (nSPS) is 11.1. The molecular weight excluding hydrogens is 352 g/mol. The van der Waals surface area contributed by atoms with E-state index in [4.69, 9.17) is 4.74 Å². The first-order chi connectivity index (χ1) is 13.5. The fourth-order valence-corrected chi connectivity index (χ4v) is 2.51. The Hall–Kier alpha value is -3.02. The second-order valence-corrected chi connectivity index (χ2v) is 6.70. The maximum absolute atomic E-state index is 11.7. The zero-order valence-electron chi connectivity index (χ0n) is 17.2. The van der Waals surface area contributed by atoms with Gasteiger partial charge in [-0.2, -0.15) is 0 Å². The van der Waals surface area contributed by atoms with E-state index in [0.29, 0.717) is 18.8 Å². The highest BCUT2D eigenvalue weighted by molar-refractivity contribution is 5.79. The summed E-state index contributed by atoms with van der Waals surface area (Å²) in [5.41, 5.74) is 3.51. The van der Waals surface area contributed by atoms with Gasteiger partial charge in [-0.05, 0) is 42.7 Å². The molecule has 2 N–H and O–H groups in total. The molecule has 0 aliphatic heterocycles. The van der Waals surface area contributed by atoms with Gasteiger partial charge in [-0.3, -0.25) is 4.79 Å². The molecule has 0 spiro atoms. The number of aryl methyl sites for hydroxylation is 1. The fraction of sp³-hybridized carbons (Fsp3) is 0.364. The summed E-state index contributed by atoms with van der Waals surface area (Å²) >= 11 is 0. The molecule has 0 radical (unpaired) electrons. The van der Waals surface area contributed by atoms with Crippen molar-refractivity contribution >= 4 is 11.9 Å². The Morgan fingerprint density at radius 3 is 2.61 bits per heavy atom. The van der Waals surface area contributed by atoms with Crippen molar-refractivity contribution in [3.8, 4) is 5.75 Å². The molecule has 0 heterocycles. The molecule has 2 aromatic rings. The number of nitrogens with zero attached hydrogens (tertiary/aromatic N) is 2. The predicted octanol–water partition coefficient (Wildman–Crippen LogP) is 2.72. The van der Waals surface area contributed by atoms with Gasteiger partial charge in [0.05, 0.1) is 6.54 Å². The van der Waals surface area contributed by atoms with Crippen LogP contribution in [0.3, 0.4) is 0 Å². The van der Waals surface area contributed by atoms with Gasteiger partial charge in [0.25, 0.3) is 5.91 Å². The number of nitrogens with one attached hydrogen (secondary N) is 2. The molecular formula is C22H30N4O2. The number of likely N-dealkylation sites (N-methyl/N-ethyl adjacent to an activating group) is 1. The summed E-state index contributed by atoms with van der Waals surface area (Å²) in [6, 6.07) is 16.0. The molecule has 0 saturated carbocycles. The number of hydrogen-bond acceptors (Lipinski definition) is 3. The van der Waals surface area contributed by atoms with E-state index in [2.05, 4.69) is 34.7 Å². The Kier molecular flexibility index (Phi) is 8.34. The number of ether oxygens (including phenoxy) is 1. The van der Waals surface area contributed by atoms with Gasteiger partial charge in [0.2, 0.25) is 0 Å². The summed E-state index contributed by atoms with van der Waals surface area (Å²) in [6.45, 7) is 6.20. The minimum atomic E-state index is -0.0711. The van der Waals surface area contributed by atoms with Crippen molar-refractivity contribution in [2.75, 3.05) is 27.2 Å². The SMILES string of the molecule is CCNC(=NCc1cccc(OCC(=O)N(C)C)c1)NCc1ccccc1C. The number of hydrogen-bond donors (Lipinski definition) is 2. The molecule has 0 bridgehead atoms. The van der Waals surface area contributed by atoms with Crippen molar-refractivity contribution in [2.24, 2.45) is 4.99 Å². The summed E-state index contributed by atoms with van der Waals surface area (Å²) in [4.78, 5) is 17.8. The molecule has 28 heavy (non-hydrogen) atoms. The van der Waals surface area contributed by atoms with Crippen LogP contribution in [0.2, 0.25) is 0 Å². The van der Waals surface area contributed by atoms with Crippen LogP contribution in [0.15, 0.2) is 53.5 Å². The van der Waals surface area contributed by atoms with Crippen LogP contribution in [0.1, 0.15) is 23.6 Å². The van der Waals surface area contributed by atoms with Gasteiger partial charge in [0.1, 0.15) is 5.75 Å². The summed E-state index contributed by atoms with van der Waals surface area (Å²) in [7, 11) is 3.42. The van der Waals surface area contributed by atoms with Crippen LogP contribution < -0.4 is 15.4 Å². The highest BCUT2D eigenvalue weighted by Crippen LogP contribution is 2.14. The van der Waals surface area contributed by atoms with E-state index in [1.807, 2.05) is 43.3 Å². The van der Waals surface area contributed by atoms with E-state index in [1.54, 1.807) is 14.1 Å². The molecule has 0 aliphatic carbocycles. The lowest BCUT2D eigenvalue weighted by molar-refractivity contribution is -0.130. The molecule has 0 saturated heterocycles. The van der Waals surface area contributed by atoms with Gasteiger partial charge in [-0.1, -0.05) is 36.4 Å². The zero-order chi connectivity index (χ0) is 20.4. The maximum atomic E-state index is 11.7. The molecule has 0 aliphatic rings. The molecule has 0 unspecified atom stereocenters. The van der Waals surface area contributed by atoms with Crippen LogP contribution in [-0.2, 0) is 17.9 Å². The number of carbonyl (C=O) groups excluding carboxylic acids is 1. The highest BCUT2D eigenvalue weighted by Gasteiger charge is 2.05. The van der Waals surface area contributed by atoms with Crippen LogP contribution in [0.5, 0.6) is 5.75 Å². The molecule has 6 nitrogen and oxygen atoms in total. The van der Waals surface area contributed by atoms with Gasteiger partial charge >= 0.3 is 0 Å². The third-order valence-electron chi connectivity index (χ3n) is 4.23. The number of guanidine groups is 1. The fourth-order valence-electron chi connectivity index (χ4n) is 2.51. The number of benzene rings is 2. The highest BCUT2D eigenvalue weighted by atomic mass is 16.5. The third kappa shape index (κ3) is 6.95. The topological polar surface area (TPSA) is 66.0 Å². The van der Waals surface area contributed by atoms with Crippen molar-refractivity contribution in [1.29, 1.82) is 0 Å². The monoisotopic (exact) mass is 382 g/mol. The maximum Gasteiger partial charge on any atom is 0.259 e. The first-order valence-corrected chi connectivity index (χ1v) is 9.48. The third-order valence-corrected chi connectivity index (χ3v) is 4.23. The summed E-state index contributed by atoms with van der Waals surface area (Å²) < 4.78 is 5.57. The lowest BCUT2D eigenvalue weighted by Gasteiger charge is -2.13. The Morgan fingerprint density at radius 2 is 1.89 bits per heavy atom. The average Bonchev–Trinajstić information content (AvgIpc) is 2.69. The van der Waals surface area contributed by atoms with Gasteiger partial charge in [-0.15, -0.1) is 0 Å². The van der Waals surface area contributed by atoms with E-state index in [1.165, 1.54) is 16.0 Å². The lowest BCUT2D eigenvalue weighted by Crippen LogP contribution is -2.36. The van der Waals surface area contributed by atoms with E-state index in [0.717, 1.165) is 18.1 Å². The summed E-state index contributed by atoms with van der Waals surface area (Å²) in [5.74, 6) is 1.36. The number of amides is 1. The molecule has 2 rings (SSSR count). The zero-order valence-corrected chi connectivity index (χ0v) is 17.2. The number of carbonyl (C=O) groups is 1. The minimum absolute atomic E-state index is 0.0281. The molecule has 0 fully saturated rings. The Morgan fingerprint density at radius 1 is 1.11 bits per heavy atom. The number of aliphatic imine (C=N–C) groups is 1. The van der Waals surface area contributed by atoms with Crippen molar-refractivity contribution in [3.63, 3.8) is 0 Å². The summed E-state index contributed by atoms with van der Waals surface area (Å²) in [6.07, 6.45) is 0. The second-order valence-electron chi connectivity index (χ2n) is 6.70. The van der Waals surface area contributed by atoms with Crippen molar-refractivity contribution < 1.29 is 9.53 Å². The van der Waals surface area contributed by atoms with Crippen LogP contribution in [0.4, 0.5) is 0 Å². The largest absolute Gasteiger partial charge is 0.484 e. The Bertz CT molecular complexity index is 803. The van der Waals surface area contributed by atoms with Crippen LogP contribution >= 0.6 is 0 Å². The Balaban J connectivity index is 1.97. The van der Waals surface area contributed by atoms with E-state index < -0.39 is 0 Å². The van der Waals surface area contributed by atoms with Crippen molar-refractivity contribution in [1.82, 2.24) is 15.5 Å². The predicted molar refractivity (Wildman–Crippen MR) is 113 cm³/mol. The standard InChI is InChI=1S/C22H30N4O2/c1-5-23-22(25-15-19-11-7-6-9-17(19)2)24-14-18-10-8-12-20(13-18)28-16-21(27)26(3)4/h6-13H,5,14-16H2,1-4H3,(H2,23,24,25). The molecule has 150 valence electrons. The minimum Gasteiger partial charge on any atom is -0.484 e. The molecule has 1 amide bonds. The van der Waals surface area contributed by atoms with E-state index in [9.17, 15) is 4.79 Å². The van der Waals surface area contributed by atoms with Crippen molar-refractivity contribution in [2.45, 2.75) is 26.9 Å². The van der Waals surface area contributed by atoms with E-state index >= 15 is 0 Å². The Labute approximate surface area is 167 Å². The molecule has 2 aromatic carbocycles. The van der Waals surface area contributed by atoms with Gasteiger partial charge < -0.3 is 20.3 Å². The van der Waals surface area contributed by atoms with Crippen LogP contribution in [0.25, 0.3) is 0 Å². The van der Waals surface area contributed by atoms with E-state index in [-0.39, 0.29) is 12.5 Å². The van der Waals surface area contributed by atoms with Gasteiger partial charge in [-0.25, -0.2) is 4.99 Å². The molecule has 6 heteroatoms. The first kappa shape index (κ1) is 21.3.